The van der Waals surface area contributed by atoms with Crippen LogP contribution in [0.25, 0.3) is 0 Å². The molecule has 0 fully saturated rings. The van der Waals surface area contributed by atoms with E-state index in [0.29, 0.717) is 0 Å². The first-order chi connectivity index (χ1) is 35.7. The van der Waals surface area contributed by atoms with Crippen molar-refractivity contribution in [1.29, 1.82) is 0 Å². The lowest BCUT2D eigenvalue weighted by molar-refractivity contribution is -0.910. The Labute approximate surface area is 461 Å². The van der Waals surface area contributed by atoms with E-state index in [-0.39, 0.29) is 36.1 Å². The molecule has 0 aromatic carbocycles. The van der Waals surface area contributed by atoms with E-state index in [1.165, 1.54) is 173 Å². The molecule has 74 heavy (non-hydrogen) atoms. The predicted molar refractivity (Wildman–Crippen MR) is 313 cm³/mol. The van der Waals surface area contributed by atoms with Crippen molar-refractivity contribution in [3.63, 3.8) is 0 Å². The van der Waals surface area contributed by atoms with Crippen molar-refractivity contribution in [2.24, 2.45) is 17.8 Å². The largest absolute Gasteiger partial charge is 0.726 e. The third kappa shape index (κ3) is 54.9. The van der Waals surface area contributed by atoms with Crippen LogP contribution in [0, 0.1) is 17.8 Å². The quantitative estimate of drug-likeness (QED) is 0.0232. The van der Waals surface area contributed by atoms with Crippen LogP contribution < -0.4 is 0 Å². The molecule has 0 aliphatic carbocycles. The normalized spacial score (nSPS) is 15.3. The molecule has 0 rings (SSSR count). The van der Waals surface area contributed by atoms with Crippen molar-refractivity contribution in [3.05, 3.63) is 0 Å². The van der Waals surface area contributed by atoms with Crippen molar-refractivity contribution in [1.82, 2.24) is 0 Å². The molecule has 0 aromatic heterocycles. The summed E-state index contributed by atoms with van der Waals surface area (Å²) in [6.45, 7) is 20.8. The van der Waals surface area contributed by atoms with Crippen molar-refractivity contribution in [3.8, 4) is 0 Å². The van der Waals surface area contributed by atoms with Gasteiger partial charge in [-0.25, -0.2) is 8.42 Å². The Hall–Kier alpha value is -0.410. The molecule has 11 nitrogen and oxygen atoms in total. The molecule has 0 saturated carbocycles. The molecule has 0 aliphatic rings. The van der Waals surface area contributed by atoms with Gasteiger partial charge in [-0.1, -0.05) is 194 Å². The number of aliphatic hydroxyl groups is 3. The van der Waals surface area contributed by atoms with Gasteiger partial charge in [0.15, 0.2) is 0 Å². The van der Waals surface area contributed by atoms with E-state index < -0.39 is 10.4 Å². The van der Waals surface area contributed by atoms with Crippen LogP contribution in [0.5, 0.6) is 0 Å². The molecule has 0 spiro atoms. The maximum atomic E-state index is 10.8. The fourth-order valence-corrected chi connectivity index (χ4v) is 10.5. The molecule has 0 aliphatic heterocycles. The Kier molecular flexibility index (Phi) is 57.1. The van der Waals surface area contributed by atoms with E-state index in [1.807, 2.05) is 20.8 Å². The molecule has 448 valence electrons. The molecule has 3 N–H and O–H groups in total. The van der Waals surface area contributed by atoms with E-state index in [4.69, 9.17) is 14.2 Å². The summed E-state index contributed by atoms with van der Waals surface area (Å²) in [7, 11) is -1.17. The smallest absolute Gasteiger partial charge is 0.217 e. The Balaban J connectivity index is 0. The minimum absolute atomic E-state index is 0.260. The minimum Gasteiger partial charge on any atom is -0.726 e. The first-order valence-electron chi connectivity index (χ1n) is 31.8. The lowest BCUT2D eigenvalue weighted by Crippen LogP contribution is -2.47. The fraction of sp³-hybridized carbons (Fsp3) is 1.00. The zero-order valence-electron chi connectivity index (χ0n) is 50.5. The third-order valence-corrected chi connectivity index (χ3v) is 16.3. The van der Waals surface area contributed by atoms with Crippen molar-refractivity contribution < 1.29 is 51.2 Å². The molecule has 6 unspecified atom stereocenters. The summed E-state index contributed by atoms with van der Waals surface area (Å²) in [6, 6.07) is 0. The number of unbranched alkanes of at least 4 members (excludes halogenated alkanes) is 27. The lowest BCUT2D eigenvalue weighted by atomic mass is 9.92. The van der Waals surface area contributed by atoms with Gasteiger partial charge >= 0.3 is 0 Å². The van der Waals surface area contributed by atoms with Gasteiger partial charge in [0.25, 0.3) is 0 Å². The highest BCUT2D eigenvalue weighted by molar-refractivity contribution is 7.80. The summed E-state index contributed by atoms with van der Waals surface area (Å²) in [5.74, 6) is 0.781. The second-order valence-corrected chi connectivity index (χ2v) is 24.2. The molecular weight excluding hydrogens is 951 g/mol. The fourth-order valence-electron chi connectivity index (χ4n) is 10.5. The van der Waals surface area contributed by atoms with Gasteiger partial charge in [-0.15, -0.1) is 0 Å². The number of ether oxygens (including phenoxy) is 3. The Morgan fingerprint density at radius 1 is 0.365 bits per heavy atom. The Bertz CT molecular complexity index is 1090. The van der Waals surface area contributed by atoms with Gasteiger partial charge in [-0.3, -0.25) is 4.18 Å². The molecule has 0 aromatic rings. The average molecular weight is 1080 g/mol. The summed E-state index contributed by atoms with van der Waals surface area (Å²) < 4.78 is 50.3. The van der Waals surface area contributed by atoms with Crippen LogP contribution in [-0.4, -0.2) is 125 Å². The molecule has 0 amide bonds. The van der Waals surface area contributed by atoms with Crippen molar-refractivity contribution in [2.45, 2.75) is 310 Å². The van der Waals surface area contributed by atoms with E-state index in [9.17, 15) is 28.3 Å². The van der Waals surface area contributed by atoms with Crippen LogP contribution in [0.3, 0.4) is 0 Å². The highest BCUT2D eigenvalue weighted by Gasteiger charge is 2.26. The highest BCUT2D eigenvalue weighted by Crippen LogP contribution is 2.24. The first-order valence-corrected chi connectivity index (χ1v) is 33.1. The minimum atomic E-state index is -4.41. The van der Waals surface area contributed by atoms with E-state index >= 15 is 0 Å². The second kappa shape index (κ2) is 55.9. The topological polar surface area (TPSA) is 155 Å². The van der Waals surface area contributed by atoms with Crippen molar-refractivity contribution in [2.75, 3.05) is 73.4 Å². The van der Waals surface area contributed by atoms with Gasteiger partial charge in [0.1, 0.15) is 0 Å². The first kappa shape index (κ1) is 75.7. The van der Waals surface area contributed by atoms with Gasteiger partial charge in [0.2, 0.25) is 10.4 Å². The standard InChI is InChI=1S/C61H126NO6.CH4O4S/c1-8-11-14-17-20-23-26-29-32-35-50-66-53-44-59(56(4)63)41-38-47-62(7,48-39-42-60(57(5)64)45-54-67-51-36-33-30-27-24-21-18-15-12-9-2)49-40-43-61(58(6)65)46-55-68-52-37-34-31-28-25-22-19-16-13-10-3;1-5-6(2,3)4/h56-61,63-65H,8-55H2,1-7H3;1H3,(H,2,3,4)/q+1;/p-1. The number of rotatable bonds is 58. The van der Waals surface area contributed by atoms with Gasteiger partial charge in [0.05, 0.1) is 52.1 Å². The van der Waals surface area contributed by atoms with Gasteiger partial charge < -0.3 is 38.6 Å². The summed E-state index contributed by atoms with van der Waals surface area (Å²) >= 11 is 0. The number of hydrogen-bond acceptors (Lipinski definition) is 10. The third-order valence-electron chi connectivity index (χ3n) is 15.9. The van der Waals surface area contributed by atoms with Crippen LogP contribution in [-0.2, 0) is 28.8 Å². The maximum absolute atomic E-state index is 10.8. The number of hydrogen-bond donors (Lipinski definition) is 3. The van der Waals surface area contributed by atoms with Gasteiger partial charge in [-0.05, 0) is 116 Å². The van der Waals surface area contributed by atoms with E-state index in [1.54, 1.807) is 0 Å². The van der Waals surface area contributed by atoms with Crippen LogP contribution in [0.2, 0.25) is 0 Å². The molecule has 0 bridgehead atoms. The highest BCUT2D eigenvalue weighted by atomic mass is 32.3. The van der Waals surface area contributed by atoms with Gasteiger partial charge in [0, 0.05) is 39.6 Å². The Morgan fingerprint density at radius 3 is 0.757 bits per heavy atom. The van der Waals surface area contributed by atoms with E-state index in [0.717, 1.165) is 148 Å². The predicted octanol–water partition coefficient (Wildman–Crippen LogP) is 15.8. The molecule has 0 radical (unpaired) electrons. The van der Waals surface area contributed by atoms with Crippen LogP contribution >= 0.6 is 0 Å². The van der Waals surface area contributed by atoms with Crippen LogP contribution in [0.4, 0.5) is 0 Å². The molecular formula is C62H129NO10S. The summed E-state index contributed by atoms with van der Waals surface area (Å²) in [6.07, 6.45) is 48.3. The van der Waals surface area contributed by atoms with Gasteiger partial charge in [-0.2, -0.15) is 0 Å². The maximum Gasteiger partial charge on any atom is 0.217 e. The Morgan fingerprint density at radius 2 is 0.568 bits per heavy atom. The number of quaternary nitrogens is 1. The number of nitrogens with zero attached hydrogens (tertiary/aromatic N) is 1. The van der Waals surface area contributed by atoms with Crippen LogP contribution in [0.1, 0.15) is 292 Å². The molecule has 0 saturated heterocycles. The second-order valence-electron chi connectivity index (χ2n) is 23.0. The monoisotopic (exact) mass is 1080 g/mol. The number of aliphatic hydroxyl groups excluding tert-OH is 3. The zero-order valence-corrected chi connectivity index (χ0v) is 51.3. The molecule has 12 heteroatoms. The van der Waals surface area contributed by atoms with Crippen LogP contribution in [0.15, 0.2) is 0 Å². The SMILES string of the molecule is CCCCCCCCCCCCOCCC(CCC[N+](C)(CCCC(CCOCCCCCCCCCCCC)C(C)O)CCCC(CCOCCCCCCCCCCCC)C(C)O)C(C)O.COS(=O)(=O)[O-]. The van der Waals surface area contributed by atoms with E-state index in [2.05, 4.69) is 32.0 Å². The molecule has 6 atom stereocenters. The summed E-state index contributed by atoms with van der Waals surface area (Å²) in [5, 5.41) is 32.4. The zero-order chi connectivity index (χ0) is 55.2. The average Bonchev–Trinajstić information content (AvgIpc) is 3.36. The summed E-state index contributed by atoms with van der Waals surface area (Å²) in [5.41, 5.74) is 0. The molecule has 0 heterocycles. The van der Waals surface area contributed by atoms with Crippen molar-refractivity contribution >= 4 is 10.4 Å². The summed E-state index contributed by atoms with van der Waals surface area (Å²) in [4.78, 5) is 0. The lowest BCUT2D eigenvalue weighted by Gasteiger charge is -2.36.